The van der Waals surface area contributed by atoms with Crippen LogP contribution in [0.2, 0.25) is 0 Å². The van der Waals surface area contributed by atoms with Crippen LogP contribution < -0.4 is 0 Å². The van der Waals surface area contributed by atoms with E-state index >= 15 is 0 Å². The SMILES string of the molecule is CC1C[C@@]2(CS(=O)(=O)O)C(=O)/C(=C\c3ccc(-c4ccc(/C=C5\C(=O)[C@]6(CS(=O)(=O)O)CC(C)[C@H]5C6(C)C)cc4)cc3)[C@@H]1C2(C)C. The third kappa shape index (κ3) is 4.81. The molecule has 0 saturated heterocycles. The molecule has 8 nitrogen and oxygen atoms in total. The van der Waals surface area contributed by atoms with Crippen LogP contribution in [0.25, 0.3) is 23.3 Å². The fourth-order valence-electron chi connectivity index (χ4n) is 10.3. The highest BCUT2D eigenvalue weighted by atomic mass is 32.2. The van der Waals surface area contributed by atoms with Gasteiger partial charge in [-0.05, 0) is 81.7 Å². The Morgan fingerprint density at radius 2 is 0.935 bits per heavy atom. The van der Waals surface area contributed by atoms with Crippen LogP contribution in [0.1, 0.15) is 65.5 Å². The summed E-state index contributed by atoms with van der Waals surface area (Å²) in [5, 5.41) is 0. The third-order valence-electron chi connectivity index (χ3n) is 12.2. The van der Waals surface area contributed by atoms with Gasteiger partial charge < -0.3 is 0 Å². The van der Waals surface area contributed by atoms with E-state index in [9.17, 15) is 35.5 Å². The van der Waals surface area contributed by atoms with Crippen LogP contribution in [-0.4, -0.2) is 49.0 Å². The van der Waals surface area contributed by atoms with Crippen LogP contribution in [0.4, 0.5) is 0 Å². The van der Waals surface area contributed by atoms with E-state index in [-0.39, 0.29) is 35.2 Å². The van der Waals surface area contributed by atoms with Crippen LogP contribution in [0.3, 0.4) is 0 Å². The van der Waals surface area contributed by atoms with Gasteiger partial charge >= 0.3 is 0 Å². The molecule has 4 saturated carbocycles. The van der Waals surface area contributed by atoms with E-state index < -0.39 is 53.4 Å². The summed E-state index contributed by atoms with van der Waals surface area (Å²) in [4.78, 5) is 27.3. The molecule has 0 aromatic heterocycles. The van der Waals surface area contributed by atoms with Crippen molar-refractivity contribution in [2.45, 2.75) is 54.4 Å². The van der Waals surface area contributed by atoms with Gasteiger partial charge in [-0.1, -0.05) is 90.1 Å². The van der Waals surface area contributed by atoms with Gasteiger partial charge in [-0.15, -0.1) is 0 Å². The number of fused-ring (bicyclic) bond motifs is 4. The highest BCUT2D eigenvalue weighted by Crippen LogP contribution is 2.69. The molecule has 4 fully saturated rings. The molecule has 2 aromatic carbocycles. The smallest absolute Gasteiger partial charge is 0.265 e. The average Bonchev–Trinajstić information content (AvgIpc) is 3.36. The predicted molar refractivity (Wildman–Crippen MR) is 178 cm³/mol. The Labute approximate surface area is 271 Å². The minimum Gasteiger partial charge on any atom is -0.294 e. The highest BCUT2D eigenvalue weighted by molar-refractivity contribution is 7.86. The Hall–Kier alpha value is -2.92. The molecule has 2 unspecified atom stereocenters. The molecule has 10 heteroatoms. The minimum absolute atomic E-state index is 0.102. The van der Waals surface area contributed by atoms with Crippen molar-refractivity contribution in [1.82, 2.24) is 0 Å². The summed E-state index contributed by atoms with van der Waals surface area (Å²) < 4.78 is 67.1. The summed E-state index contributed by atoms with van der Waals surface area (Å²) in [6.07, 6.45) is 4.59. The lowest BCUT2D eigenvalue weighted by atomic mass is 9.70. The van der Waals surface area contributed by atoms with E-state index in [1.807, 2.05) is 102 Å². The molecule has 0 radical (unpaired) electrons. The zero-order valence-electron chi connectivity index (χ0n) is 27.1. The van der Waals surface area contributed by atoms with Gasteiger partial charge in [-0.25, -0.2) is 0 Å². The molecule has 2 N–H and O–H groups in total. The molecule has 0 amide bonds. The van der Waals surface area contributed by atoms with Crippen LogP contribution >= 0.6 is 0 Å². The second-order valence-corrected chi connectivity index (χ2v) is 18.4. The van der Waals surface area contributed by atoms with E-state index in [1.165, 1.54) is 0 Å². The van der Waals surface area contributed by atoms with Crippen LogP contribution in [-0.2, 0) is 29.8 Å². The van der Waals surface area contributed by atoms with Crippen molar-refractivity contribution >= 4 is 44.0 Å². The number of carbonyl (C=O) groups is 2. The Balaban J connectivity index is 1.25. The zero-order chi connectivity index (χ0) is 33.8. The quantitative estimate of drug-likeness (QED) is 0.255. The maximum absolute atomic E-state index is 13.7. The molecule has 0 spiro atoms. The first kappa shape index (κ1) is 33.0. The first-order valence-electron chi connectivity index (χ1n) is 15.8. The Kier molecular flexibility index (Phi) is 7.38. The Morgan fingerprint density at radius 1 is 0.630 bits per heavy atom. The van der Waals surface area contributed by atoms with Crippen molar-refractivity contribution in [1.29, 1.82) is 0 Å². The summed E-state index contributed by atoms with van der Waals surface area (Å²) in [5.41, 5.74) is 1.32. The number of hydrogen-bond donors (Lipinski definition) is 2. The van der Waals surface area contributed by atoms with Crippen molar-refractivity contribution < 1.29 is 35.5 Å². The van der Waals surface area contributed by atoms with E-state index in [0.29, 0.717) is 24.0 Å². The van der Waals surface area contributed by atoms with Gasteiger partial charge in [0, 0.05) is 11.1 Å². The van der Waals surface area contributed by atoms with Crippen molar-refractivity contribution in [2.24, 2.45) is 45.3 Å². The molecule has 4 bridgehead atoms. The van der Waals surface area contributed by atoms with Gasteiger partial charge in [-0.3, -0.25) is 18.7 Å². The van der Waals surface area contributed by atoms with E-state index in [1.54, 1.807) is 0 Å². The van der Waals surface area contributed by atoms with Crippen LogP contribution in [0, 0.1) is 45.3 Å². The number of ketones is 2. The number of hydrogen-bond acceptors (Lipinski definition) is 6. The van der Waals surface area contributed by atoms with E-state index in [2.05, 4.69) is 0 Å². The Bertz CT molecular complexity index is 1780. The van der Waals surface area contributed by atoms with E-state index in [4.69, 9.17) is 0 Å². The lowest BCUT2D eigenvalue weighted by Crippen LogP contribution is -2.42. The second-order valence-electron chi connectivity index (χ2n) is 15.5. The lowest BCUT2D eigenvalue weighted by Gasteiger charge is -2.34. The van der Waals surface area contributed by atoms with Gasteiger partial charge in [0.1, 0.15) is 0 Å². The molecule has 0 aliphatic heterocycles. The van der Waals surface area contributed by atoms with E-state index in [0.717, 1.165) is 22.3 Å². The highest BCUT2D eigenvalue weighted by Gasteiger charge is 2.71. The van der Waals surface area contributed by atoms with Gasteiger partial charge in [-0.2, -0.15) is 16.8 Å². The zero-order valence-corrected chi connectivity index (χ0v) is 28.7. The molecular formula is C36H42O8S2. The van der Waals surface area contributed by atoms with Crippen LogP contribution in [0.5, 0.6) is 0 Å². The summed E-state index contributed by atoms with van der Waals surface area (Å²) >= 11 is 0. The summed E-state index contributed by atoms with van der Waals surface area (Å²) in [6.45, 7) is 11.8. The molecule has 4 aliphatic rings. The number of benzene rings is 2. The van der Waals surface area contributed by atoms with Gasteiger partial charge in [0.05, 0.1) is 22.3 Å². The summed E-state index contributed by atoms with van der Waals surface area (Å²) in [7, 11) is -8.69. The molecule has 2 aromatic rings. The van der Waals surface area contributed by atoms with Crippen molar-refractivity contribution in [2.75, 3.05) is 11.5 Å². The first-order valence-corrected chi connectivity index (χ1v) is 19.0. The molecule has 6 rings (SSSR count). The monoisotopic (exact) mass is 666 g/mol. The fraction of sp³-hybridized carbons (Fsp3) is 0.500. The summed E-state index contributed by atoms with van der Waals surface area (Å²) in [5.74, 6) is -1.52. The first-order chi connectivity index (χ1) is 21.1. The van der Waals surface area contributed by atoms with Crippen LogP contribution in [0.15, 0.2) is 59.7 Å². The number of carbonyl (C=O) groups excluding carboxylic acids is 2. The number of allylic oxidation sites excluding steroid dienone is 2. The number of Topliss-reactive ketones (excluding diaryl/α,β-unsaturated/α-hetero) is 2. The molecular weight excluding hydrogens is 625 g/mol. The maximum Gasteiger partial charge on any atom is 0.265 e. The van der Waals surface area contributed by atoms with Gasteiger partial charge in [0.15, 0.2) is 11.6 Å². The van der Waals surface area contributed by atoms with Crippen molar-refractivity contribution in [3.63, 3.8) is 0 Å². The topological polar surface area (TPSA) is 143 Å². The lowest BCUT2D eigenvalue weighted by molar-refractivity contribution is -0.126. The third-order valence-corrected chi connectivity index (χ3v) is 13.9. The van der Waals surface area contributed by atoms with Gasteiger partial charge in [0.25, 0.3) is 20.2 Å². The van der Waals surface area contributed by atoms with Gasteiger partial charge in [0.2, 0.25) is 0 Å². The minimum atomic E-state index is -4.34. The normalized spacial score (nSPS) is 34.7. The van der Waals surface area contributed by atoms with Crippen molar-refractivity contribution in [3.05, 3.63) is 70.8 Å². The summed E-state index contributed by atoms with van der Waals surface area (Å²) in [6, 6.07) is 15.6. The molecule has 0 heterocycles. The fourth-order valence-corrected chi connectivity index (χ4v) is 12.8. The molecule has 46 heavy (non-hydrogen) atoms. The molecule has 246 valence electrons. The Morgan fingerprint density at radius 3 is 1.22 bits per heavy atom. The maximum atomic E-state index is 13.7. The predicted octanol–water partition coefficient (Wildman–Crippen LogP) is 6.40. The standard InChI is InChI=1S/C36H42O8S2/c1-21-17-35(19-45(39,40)41)31(37)27(29(21)33(35,3)4)15-23-7-11-25(12-8-23)26-13-9-24(10-14-26)16-28-30-22(2)18-36(32(28)38,34(30,5)6)20-46(42,43)44/h7-16,21-22,29-30H,17-20H2,1-6H3,(H,39,40,41)(H,42,43,44)/b27-15-,28-16-/t21?,22?,29-,30-,35-,36-/m1/s1. The molecule has 4 aliphatic carbocycles. The molecule has 6 atom stereocenters. The largest absolute Gasteiger partial charge is 0.294 e. The average molecular weight is 667 g/mol. The number of rotatable bonds is 7. The van der Waals surface area contributed by atoms with Crippen molar-refractivity contribution in [3.8, 4) is 11.1 Å². The second kappa shape index (κ2) is 10.3.